The summed E-state index contributed by atoms with van der Waals surface area (Å²) >= 11 is 16.0. The zero-order valence-corrected chi connectivity index (χ0v) is 34.4. The van der Waals surface area contributed by atoms with Crippen molar-refractivity contribution < 1.29 is 0 Å². The van der Waals surface area contributed by atoms with Crippen molar-refractivity contribution in [2.75, 3.05) is 26.2 Å². The minimum absolute atomic E-state index is 0.823. The molecule has 0 aliphatic carbocycles. The van der Waals surface area contributed by atoms with Gasteiger partial charge in [0.2, 0.25) is 0 Å². The first-order valence-corrected chi connectivity index (χ1v) is 25.1. The summed E-state index contributed by atoms with van der Waals surface area (Å²) in [4.78, 5) is 0. The van der Waals surface area contributed by atoms with Gasteiger partial charge in [0.25, 0.3) is 0 Å². The fraction of sp³-hybridized carbons (Fsp3) is 0.217. The predicted molar refractivity (Wildman–Crippen MR) is 236 cm³/mol. The molecule has 0 N–H and O–H groups in total. The van der Waals surface area contributed by atoms with Crippen molar-refractivity contribution in [3.8, 4) is 0 Å². The molecule has 0 spiro atoms. The number of halogens is 2. The fourth-order valence-electron chi connectivity index (χ4n) is 7.90. The van der Waals surface area contributed by atoms with Crippen molar-refractivity contribution in [1.82, 2.24) is 9.34 Å². The average molecular weight is 768 g/mol. The summed E-state index contributed by atoms with van der Waals surface area (Å²) in [5.74, 6) is 0. The molecule has 0 amide bonds. The van der Waals surface area contributed by atoms with Crippen molar-refractivity contribution in [2.45, 2.75) is 40.0 Å². The standard InChI is InChI=1S/2C23H27ClNP/c2*1-3-25(4-2)26(24,22-16-10-6-11-17-22,23-18-12-7-13-19-23)20-21-14-8-5-9-15-21/h2*5-19H,3-4,20H2,1-2H3. The molecule has 0 saturated carbocycles. The molecule has 0 radical (unpaired) electrons. The molecule has 0 heterocycles. The Morgan fingerprint density at radius 1 is 0.327 bits per heavy atom. The SMILES string of the molecule is CCN(CC)P(Cl)(Cc1ccccc1)(c1ccccc1)c1ccccc1.CCN(CC)P(Cl)(Cc1ccccc1)(c1ccccc1)c1ccccc1. The molecule has 6 aromatic carbocycles. The van der Waals surface area contributed by atoms with Gasteiger partial charge in [-0.25, -0.2) is 0 Å². The Hall–Kier alpha value is -3.32. The third-order valence-corrected chi connectivity index (χ3v) is 25.5. The van der Waals surface area contributed by atoms with E-state index >= 15 is 0 Å². The molecule has 0 fully saturated rings. The van der Waals surface area contributed by atoms with E-state index < -0.39 is 12.2 Å². The zero-order chi connectivity index (χ0) is 37.0. The second-order valence-electron chi connectivity index (χ2n) is 13.2. The van der Waals surface area contributed by atoms with Crippen LogP contribution in [0.3, 0.4) is 0 Å². The molecule has 0 saturated heterocycles. The van der Waals surface area contributed by atoms with Gasteiger partial charge in [-0.05, 0) is 0 Å². The van der Waals surface area contributed by atoms with Gasteiger partial charge in [0.05, 0.1) is 0 Å². The Kier molecular flexibility index (Phi) is 13.6. The van der Waals surface area contributed by atoms with Crippen LogP contribution < -0.4 is 21.2 Å². The summed E-state index contributed by atoms with van der Waals surface area (Å²) in [6.45, 7) is 12.5. The summed E-state index contributed by atoms with van der Waals surface area (Å²) in [6, 6.07) is 64.1. The van der Waals surface area contributed by atoms with Crippen LogP contribution in [0.1, 0.15) is 38.8 Å². The normalized spacial score (nSPS) is 13.3. The minimum atomic E-state index is -3.12. The van der Waals surface area contributed by atoms with Crippen LogP contribution >= 0.6 is 34.7 Å². The second kappa shape index (κ2) is 17.7. The maximum atomic E-state index is 8.01. The molecule has 6 aromatic rings. The summed E-state index contributed by atoms with van der Waals surface area (Å²) in [7, 11) is 0. The molecule has 0 bridgehead atoms. The van der Waals surface area contributed by atoms with Crippen LogP contribution in [-0.4, -0.2) is 35.5 Å². The van der Waals surface area contributed by atoms with Crippen LogP contribution in [0.2, 0.25) is 0 Å². The summed E-state index contributed by atoms with van der Waals surface area (Å²) in [6.07, 6.45) is -4.60. The quantitative estimate of drug-likeness (QED) is 0.102. The molecule has 6 heteroatoms. The molecule has 272 valence electrons. The Morgan fingerprint density at radius 3 is 0.712 bits per heavy atom. The maximum absolute atomic E-state index is 8.01. The third-order valence-electron chi connectivity index (χ3n) is 10.4. The zero-order valence-electron chi connectivity index (χ0n) is 31.1. The van der Waals surface area contributed by atoms with Gasteiger partial charge in [0.15, 0.2) is 0 Å². The van der Waals surface area contributed by atoms with E-state index in [-0.39, 0.29) is 0 Å². The molecule has 2 nitrogen and oxygen atoms in total. The fourth-order valence-corrected chi connectivity index (χ4v) is 21.6. The van der Waals surface area contributed by atoms with Crippen molar-refractivity contribution in [3.63, 3.8) is 0 Å². The number of hydrogen-bond donors (Lipinski definition) is 0. The van der Waals surface area contributed by atoms with Crippen LogP contribution in [0.5, 0.6) is 0 Å². The van der Waals surface area contributed by atoms with Crippen molar-refractivity contribution >= 4 is 55.9 Å². The Morgan fingerprint density at radius 2 is 0.519 bits per heavy atom. The van der Waals surface area contributed by atoms with Crippen molar-refractivity contribution in [2.24, 2.45) is 0 Å². The van der Waals surface area contributed by atoms with Crippen LogP contribution in [0, 0.1) is 0 Å². The average Bonchev–Trinajstić information content (AvgIpc) is 3.21. The molecular formula is C46H54Cl2N2P2. The van der Waals surface area contributed by atoms with Gasteiger partial charge in [-0.3, -0.25) is 0 Å². The number of rotatable bonds is 14. The van der Waals surface area contributed by atoms with E-state index in [1.54, 1.807) is 0 Å². The van der Waals surface area contributed by atoms with E-state index in [1.807, 2.05) is 0 Å². The van der Waals surface area contributed by atoms with E-state index in [0.29, 0.717) is 0 Å². The van der Waals surface area contributed by atoms with Gasteiger partial charge in [0, 0.05) is 0 Å². The van der Waals surface area contributed by atoms with E-state index in [0.717, 1.165) is 38.5 Å². The van der Waals surface area contributed by atoms with Crippen molar-refractivity contribution in [1.29, 1.82) is 0 Å². The molecule has 0 unspecified atom stereocenters. The molecular weight excluding hydrogens is 713 g/mol. The number of hydrogen-bond acceptors (Lipinski definition) is 2. The molecule has 52 heavy (non-hydrogen) atoms. The van der Waals surface area contributed by atoms with E-state index in [9.17, 15) is 0 Å². The van der Waals surface area contributed by atoms with Crippen LogP contribution in [0.25, 0.3) is 0 Å². The van der Waals surface area contributed by atoms with Gasteiger partial charge in [0.1, 0.15) is 0 Å². The monoisotopic (exact) mass is 766 g/mol. The van der Waals surface area contributed by atoms with E-state index in [2.05, 4.69) is 219 Å². The van der Waals surface area contributed by atoms with Crippen molar-refractivity contribution in [3.05, 3.63) is 193 Å². The Bertz CT molecular complexity index is 1700. The topological polar surface area (TPSA) is 6.48 Å². The molecule has 0 aliphatic rings. The predicted octanol–water partition coefficient (Wildman–Crippen LogP) is 11.6. The first-order valence-electron chi connectivity index (χ1n) is 18.5. The van der Waals surface area contributed by atoms with Gasteiger partial charge in [-0.15, -0.1) is 0 Å². The Labute approximate surface area is 323 Å². The van der Waals surface area contributed by atoms with E-state index in [4.69, 9.17) is 22.5 Å². The molecule has 0 aliphatic heterocycles. The third kappa shape index (κ3) is 7.67. The van der Waals surface area contributed by atoms with Crippen LogP contribution in [0.15, 0.2) is 182 Å². The number of benzene rings is 6. The Balaban J connectivity index is 0.000000201. The molecule has 6 rings (SSSR count). The summed E-state index contributed by atoms with van der Waals surface area (Å²) in [5, 5.41) is 4.94. The van der Waals surface area contributed by atoms with Gasteiger partial charge in [-0.1, -0.05) is 0 Å². The van der Waals surface area contributed by atoms with E-state index in [1.165, 1.54) is 32.3 Å². The number of nitrogens with zero attached hydrogens (tertiary/aromatic N) is 2. The molecule has 0 aromatic heterocycles. The summed E-state index contributed by atoms with van der Waals surface area (Å²) in [5.41, 5.74) is 2.56. The van der Waals surface area contributed by atoms with Crippen LogP contribution in [0.4, 0.5) is 0 Å². The second-order valence-corrected chi connectivity index (χ2v) is 25.9. The summed E-state index contributed by atoms with van der Waals surface area (Å²) < 4.78 is 5.01. The van der Waals surface area contributed by atoms with Gasteiger partial charge < -0.3 is 0 Å². The first-order chi connectivity index (χ1) is 25.3. The molecule has 0 atom stereocenters. The van der Waals surface area contributed by atoms with Crippen LogP contribution in [-0.2, 0) is 12.3 Å². The first kappa shape index (κ1) is 39.9. The van der Waals surface area contributed by atoms with Gasteiger partial charge >= 0.3 is 325 Å². The van der Waals surface area contributed by atoms with Gasteiger partial charge in [-0.2, -0.15) is 0 Å².